The van der Waals surface area contributed by atoms with Crippen molar-refractivity contribution in [2.45, 2.75) is 19.4 Å². The van der Waals surface area contributed by atoms with Gasteiger partial charge in [0.2, 0.25) is 0 Å². The van der Waals surface area contributed by atoms with Crippen molar-refractivity contribution in [1.82, 2.24) is 4.90 Å². The van der Waals surface area contributed by atoms with E-state index >= 15 is 0 Å². The van der Waals surface area contributed by atoms with Crippen LogP contribution in [0.2, 0.25) is 0 Å². The Morgan fingerprint density at radius 3 is 2.85 bits per heavy atom. The lowest BCUT2D eigenvalue weighted by atomic mass is 10.1. The van der Waals surface area contributed by atoms with Crippen LogP contribution in [0.15, 0.2) is 24.3 Å². The van der Waals surface area contributed by atoms with Gasteiger partial charge in [0, 0.05) is 18.7 Å². The molecule has 1 aromatic rings. The number of benzene rings is 1. The number of aliphatic hydroxyl groups is 1. The molecule has 1 amide bonds. The number of hydrogen-bond acceptors (Lipinski definition) is 4. The van der Waals surface area contributed by atoms with Crippen molar-refractivity contribution in [2.75, 3.05) is 32.9 Å². The van der Waals surface area contributed by atoms with Crippen LogP contribution in [-0.4, -0.2) is 54.9 Å². The van der Waals surface area contributed by atoms with Gasteiger partial charge >= 0.3 is 0 Å². The summed E-state index contributed by atoms with van der Waals surface area (Å²) in [5.41, 5.74) is 0.632. The Morgan fingerprint density at radius 1 is 1.45 bits per heavy atom. The zero-order valence-corrected chi connectivity index (χ0v) is 11.7. The number of hydrogen-bond donors (Lipinski definition) is 1. The molecule has 2 rings (SSSR count). The van der Waals surface area contributed by atoms with E-state index in [1.54, 1.807) is 17.0 Å². The fourth-order valence-electron chi connectivity index (χ4n) is 2.11. The Bertz CT molecular complexity index is 432. The number of amides is 1. The van der Waals surface area contributed by atoms with Crippen LogP contribution in [0.1, 0.15) is 23.7 Å². The molecule has 1 fully saturated rings. The molecule has 1 atom stereocenters. The summed E-state index contributed by atoms with van der Waals surface area (Å²) in [5, 5.41) is 9.10. The van der Waals surface area contributed by atoms with Gasteiger partial charge in [-0.05, 0) is 30.7 Å². The minimum Gasteiger partial charge on any atom is -0.494 e. The minimum atomic E-state index is -0.278. The number of nitrogens with zero attached hydrogens (tertiary/aromatic N) is 1. The standard InChI is InChI=1S/C15H21NO4/c1-2-8-19-13-5-3-12(4-6-13)15(18)16-7-9-20-14(10-16)11-17/h3-6,14,17H,2,7-11H2,1H3. The van der Waals surface area contributed by atoms with Gasteiger partial charge in [-0.15, -0.1) is 0 Å². The maximum absolute atomic E-state index is 12.3. The third-order valence-electron chi connectivity index (χ3n) is 3.20. The first-order valence-corrected chi connectivity index (χ1v) is 6.99. The van der Waals surface area contributed by atoms with Gasteiger partial charge in [0.1, 0.15) is 5.75 Å². The van der Waals surface area contributed by atoms with Crippen molar-refractivity contribution in [3.63, 3.8) is 0 Å². The van der Waals surface area contributed by atoms with Crippen LogP contribution in [0.3, 0.4) is 0 Å². The van der Waals surface area contributed by atoms with E-state index in [-0.39, 0.29) is 18.6 Å². The largest absolute Gasteiger partial charge is 0.494 e. The molecule has 1 aromatic carbocycles. The fraction of sp³-hybridized carbons (Fsp3) is 0.533. The highest BCUT2D eigenvalue weighted by molar-refractivity contribution is 5.94. The molecule has 5 nitrogen and oxygen atoms in total. The molecule has 0 aromatic heterocycles. The topological polar surface area (TPSA) is 59.0 Å². The molecule has 5 heteroatoms. The molecule has 1 aliphatic heterocycles. The van der Waals surface area contributed by atoms with E-state index in [0.29, 0.717) is 31.9 Å². The first-order valence-electron chi connectivity index (χ1n) is 6.99. The van der Waals surface area contributed by atoms with E-state index in [4.69, 9.17) is 14.6 Å². The van der Waals surface area contributed by atoms with Crippen LogP contribution in [0, 0.1) is 0 Å². The van der Waals surface area contributed by atoms with Crippen LogP contribution in [-0.2, 0) is 4.74 Å². The summed E-state index contributed by atoms with van der Waals surface area (Å²) in [6.07, 6.45) is 0.677. The maximum Gasteiger partial charge on any atom is 0.254 e. The van der Waals surface area contributed by atoms with Crippen LogP contribution in [0.4, 0.5) is 0 Å². The van der Waals surface area contributed by atoms with Crippen molar-refractivity contribution < 1.29 is 19.4 Å². The highest BCUT2D eigenvalue weighted by Crippen LogP contribution is 2.15. The van der Waals surface area contributed by atoms with Gasteiger partial charge in [0.05, 0.1) is 25.9 Å². The predicted molar refractivity (Wildman–Crippen MR) is 75.0 cm³/mol. The molecule has 0 bridgehead atoms. The summed E-state index contributed by atoms with van der Waals surface area (Å²) >= 11 is 0. The number of ether oxygens (including phenoxy) is 2. The molecule has 1 saturated heterocycles. The van der Waals surface area contributed by atoms with Crippen LogP contribution in [0.5, 0.6) is 5.75 Å². The fourth-order valence-corrected chi connectivity index (χ4v) is 2.11. The quantitative estimate of drug-likeness (QED) is 0.883. The number of carbonyl (C=O) groups is 1. The molecule has 1 unspecified atom stereocenters. The zero-order valence-electron chi connectivity index (χ0n) is 11.7. The molecule has 0 saturated carbocycles. The molecule has 1 N–H and O–H groups in total. The Hall–Kier alpha value is -1.59. The van der Waals surface area contributed by atoms with E-state index in [0.717, 1.165) is 12.2 Å². The summed E-state index contributed by atoms with van der Waals surface area (Å²) in [4.78, 5) is 14.0. The molecule has 0 aliphatic carbocycles. The Labute approximate surface area is 119 Å². The predicted octanol–water partition coefficient (Wildman–Crippen LogP) is 1.31. The Balaban J connectivity index is 1.98. The van der Waals surface area contributed by atoms with Crippen molar-refractivity contribution in [3.8, 4) is 5.75 Å². The lowest BCUT2D eigenvalue weighted by Gasteiger charge is -2.32. The third-order valence-corrected chi connectivity index (χ3v) is 3.20. The smallest absolute Gasteiger partial charge is 0.254 e. The summed E-state index contributed by atoms with van der Waals surface area (Å²) in [6.45, 7) is 4.12. The summed E-state index contributed by atoms with van der Waals surface area (Å²) < 4.78 is 10.8. The van der Waals surface area contributed by atoms with Gasteiger partial charge in [0.15, 0.2) is 0 Å². The van der Waals surface area contributed by atoms with Crippen LogP contribution >= 0.6 is 0 Å². The highest BCUT2D eigenvalue weighted by atomic mass is 16.5. The number of aliphatic hydroxyl groups excluding tert-OH is 1. The molecule has 1 aliphatic rings. The van der Waals surface area contributed by atoms with Gasteiger partial charge in [-0.2, -0.15) is 0 Å². The van der Waals surface area contributed by atoms with Gasteiger partial charge < -0.3 is 19.5 Å². The van der Waals surface area contributed by atoms with E-state index < -0.39 is 0 Å². The zero-order chi connectivity index (χ0) is 14.4. The summed E-state index contributed by atoms with van der Waals surface area (Å²) in [7, 11) is 0. The average molecular weight is 279 g/mol. The average Bonchev–Trinajstić information content (AvgIpc) is 2.52. The second-order valence-electron chi connectivity index (χ2n) is 4.80. The molecule has 110 valence electrons. The number of rotatable bonds is 5. The van der Waals surface area contributed by atoms with Crippen molar-refractivity contribution in [3.05, 3.63) is 29.8 Å². The van der Waals surface area contributed by atoms with Crippen molar-refractivity contribution in [2.24, 2.45) is 0 Å². The van der Waals surface area contributed by atoms with Gasteiger partial charge in [-0.1, -0.05) is 6.92 Å². The van der Waals surface area contributed by atoms with E-state index in [9.17, 15) is 4.79 Å². The first-order chi connectivity index (χ1) is 9.74. The number of morpholine rings is 1. The highest BCUT2D eigenvalue weighted by Gasteiger charge is 2.24. The monoisotopic (exact) mass is 279 g/mol. The summed E-state index contributed by atoms with van der Waals surface area (Å²) in [6, 6.07) is 7.17. The second-order valence-corrected chi connectivity index (χ2v) is 4.80. The van der Waals surface area contributed by atoms with Crippen molar-refractivity contribution in [1.29, 1.82) is 0 Å². The van der Waals surface area contributed by atoms with Gasteiger partial charge in [-0.25, -0.2) is 0 Å². The van der Waals surface area contributed by atoms with Crippen LogP contribution < -0.4 is 4.74 Å². The SMILES string of the molecule is CCCOc1ccc(C(=O)N2CCOC(CO)C2)cc1. The molecule has 1 heterocycles. The first kappa shape index (κ1) is 14.8. The molecule has 0 spiro atoms. The molecule has 0 radical (unpaired) electrons. The lowest BCUT2D eigenvalue weighted by Crippen LogP contribution is -2.46. The molecule has 20 heavy (non-hydrogen) atoms. The summed E-state index contributed by atoms with van der Waals surface area (Å²) in [5.74, 6) is 0.743. The molecular formula is C15H21NO4. The lowest BCUT2D eigenvalue weighted by molar-refractivity contribution is -0.0447. The van der Waals surface area contributed by atoms with E-state index in [2.05, 4.69) is 0 Å². The third kappa shape index (κ3) is 3.71. The molecular weight excluding hydrogens is 258 g/mol. The van der Waals surface area contributed by atoms with Crippen molar-refractivity contribution >= 4 is 5.91 Å². The maximum atomic E-state index is 12.3. The van der Waals surface area contributed by atoms with Gasteiger partial charge in [0.25, 0.3) is 5.91 Å². The number of carbonyl (C=O) groups excluding carboxylic acids is 1. The van der Waals surface area contributed by atoms with Gasteiger partial charge in [-0.3, -0.25) is 4.79 Å². The Kier molecular flexibility index (Phi) is 5.38. The normalized spacial score (nSPS) is 18.9. The Morgan fingerprint density at radius 2 is 2.20 bits per heavy atom. The van der Waals surface area contributed by atoms with Crippen LogP contribution in [0.25, 0.3) is 0 Å². The second kappa shape index (κ2) is 7.26. The van der Waals surface area contributed by atoms with E-state index in [1.807, 2.05) is 19.1 Å². The van der Waals surface area contributed by atoms with E-state index in [1.165, 1.54) is 0 Å². The minimum absolute atomic E-state index is 0.0335.